The molecule has 88 valence electrons. The Labute approximate surface area is 88.6 Å². The largest absolute Gasteiger partial charge is 0.480 e. The van der Waals surface area contributed by atoms with Crippen LogP contribution in [0.4, 0.5) is 0 Å². The minimum absolute atomic E-state index is 0.283. The van der Waals surface area contributed by atoms with Gasteiger partial charge in [0, 0.05) is 6.26 Å². The van der Waals surface area contributed by atoms with Crippen molar-refractivity contribution in [3.8, 4) is 0 Å². The molecule has 0 spiro atoms. The molecule has 0 aromatic rings. The monoisotopic (exact) mass is 237 g/mol. The Kier molecular flexibility index (Phi) is 5.27. The van der Waals surface area contributed by atoms with E-state index in [1.54, 1.807) is 6.92 Å². The van der Waals surface area contributed by atoms with Gasteiger partial charge in [-0.1, -0.05) is 13.3 Å². The molecule has 1 atom stereocenters. The topological polar surface area (TPSA) is 101 Å². The van der Waals surface area contributed by atoms with Gasteiger partial charge in [0.2, 0.25) is 5.91 Å². The predicted octanol–water partition coefficient (Wildman–Crippen LogP) is -0.599. The molecule has 0 bridgehead atoms. The van der Waals surface area contributed by atoms with Crippen LogP contribution in [-0.2, 0) is 19.4 Å². The van der Waals surface area contributed by atoms with E-state index in [0.29, 0.717) is 6.42 Å². The average Bonchev–Trinajstić information content (AvgIpc) is 1.99. The molecule has 0 aromatic heterocycles. The summed E-state index contributed by atoms with van der Waals surface area (Å²) in [6, 6.07) is -1.01. The lowest BCUT2D eigenvalue weighted by Crippen LogP contribution is -2.43. The Morgan fingerprint density at radius 2 is 1.93 bits per heavy atom. The summed E-state index contributed by atoms with van der Waals surface area (Å²) in [5.74, 6) is -2.61. The van der Waals surface area contributed by atoms with Crippen LogP contribution in [0.1, 0.15) is 19.8 Å². The Hall–Kier alpha value is -1.11. The maximum atomic E-state index is 11.1. The van der Waals surface area contributed by atoms with Crippen molar-refractivity contribution in [2.75, 3.05) is 12.0 Å². The molecule has 0 unspecified atom stereocenters. The number of carboxylic acid groups (broad SMARTS) is 1. The first kappa shape index (κ1) is 13.9. The van der Waals surface area contributed by atoms with E-state index >= 15 is 0 Å². The van der Waals surface area contributed by atoms with Crippen LogP contribution in [0.25, 0.3) is 0 Å². The zero-order valence-electron chi connectivity index (χ0n) is 8.69. The van der Waals surface area contributed by atoms with Crippen molar-refractivity contribution < 1.29 is 23.1 Å². The van der Waals surface area contributed by atoms with Crippen LogP contribution >= 0.6 is 0 Å². The van der Waals surface area contributed by atoms with Crippen LogP contribution in [0.15, 0.2) is 0 Å². The van der Waals surface area contributed by atoms with Crippen molar-refractivity contribution in [1.82, 2.24) is 5.32 Å². The van der Waals surface area contributed by atoms with Gasteiger partial charge in [0.15, 0.2) is 9.84 Å². The lowest BCUT2D eigenvalue weighted by atomic mass is 10.2. The summed E-state index contributed by atoms with van der Waals surface area (Å²) in [6.45, 7) is 1.78. The highest BCUT2D eigenvalue weighted by molar-refractivity contribution is 7.91. The van der Waals surface area contributed by atoms with Crippen LogP contribution < -0.4 is 5.32 Å². The minimum Gasteiger partial charge on any atom is -0.480 e. The number of rotatable bonds is 6. The average molecular weight is 237 g/mol. The summed E-state index contributed by atoms with van der Waals surface area (Å²) in [4.78, 5) is 21.7. The summed E-state index contributed by atoms with van der Waals surface area (Å²) < 4.78 is 21.5. The van der Waals surface area contributed by atoms with Crippen LogP contribution in [-0.4, -0.2) is 43.5 Å². The molecule has 0 aliphatic carbocycles. The molecule has 0 fully saturated rings. The second-order valence-electron chi connectivity index (χ2n) is 3.32. The van der Waals surface area contributed by atoms with E-state index < -0.39 is 33.5 Å². The zero-order chi connectivity index (χ0) is 12.1. The number of sulfone groups is 1. The molecule has 0 heterocycles. The third-order valence-corrected chi connectivity index (χ3v) is 2.39. The molecule has 0 saturated carbocycles. The summed E-state index contributed by atoms with van der Waals surface area (Å²) in [7, 11) is -3.41. The molecule has 6 nitrogen and oxygen atoms in total. The number of carbonyl (C=O) groups is 2. The summed E-state index contributed by atoms with van der Waals surface area (Å²) in [6.07, 6.45) is 1.79. The highest BCUT2D eigenvalue weighted by Gasteiger charge is 2.20. The number of amides is 1. The summed E-state index contributed by atoms with van der Waals surface area (Å²) >= 11 is 0. The SMILES string of the molecule is CCC[C@H](NC(=O)CS(C)(=O)=O)C(=O)O. The molecule has 2 N–H and O–H groups in total. The first-order valence-corrected chi connectivity index (χ1v) is 6.52. The molecule has 0 rings (SSSR count). The first-order valence-electron chi connectivity index (χ1n) is 4.46. The van der Waals surface area contributed by atoms with Crippen LogP contribution in [0.2, 0.25) is 0 Å². The van der Waals surface area contributed by atoms with E-state index in [9.17, 15) is 18.0 Å². The second-order valence-corrected chi connectivity index (χ2v) is 5.46. The fraction of sp³-hybridized carbons (Fsp3) is 0.750. The molecule has 0 saturated heterocycles. The van der Waals surface area contributed by atoms with E-state index in [2.05, 4.69) is 5.32 Å². The smallest absolute Gasteiger partial charge is 0.326 e. The van der Waals surface area contributed by atoms with E-state index in [1.807, 2.05) is 0 Å². The van der Waals surface area contributed by atoms with Gasteiger partial charge < -0.3 is 10.4 Å². The molecule has 0 radical (unpaired) electrons. The Morgan fingerprint density at radius 1 is 1.40 bits per heavy atom. The van der Waals surface area contributed by atoms with Gasteiger partial charge in [-0.15, -0.1) is 0 Å². The molecular formula is C8H15NO5S. The number of aliphatic carboxylic acids is 1. The van der Waals surface area contributed by atoms with Gasteiger partial charge in [0.1, 0.15) is 11.8 Å². The number of nitrogens with one attached hydrogen (secondary N) is 1. The Morgan fingerprint density at radius 3 is 2.27 bits per heavy atom. The zero-order valence-corrected chi connectivity index (χ0v) is 9.50. The van der Waals surface area contributed by atoms with Crippen LogP contribution in [0.3, 0.4) is 0 Å². The van der Waals surface area contributed by atoms with E-state index in [1.165, 1.54) is 0 Å². The lowest BCUT2D eigenvalue weighted by molar-refractivity contribution is -0.141. The van der Waals surface area contributed by atoms with Gasteiger partial charge >= 0.3 is 5.97 Å². The first-order chi connectivity index (χ1) is 6.76. The van der Waals surface area contributed by atoms with E-state index in [4.69, 9.17) is 5.11 Å². The van der Waals surface area contributed by atoms with Gasteiger partial charge in [0.05, 0.1) is 0 Å². The standard InChI is InChI=1S/C8H15NO5S/c1-3-4-6(8(11)12)9-7(10)5-15(2,13)14/h6H,3-5H2,1-2H3,(H,9,10)(H,11,12)/t6-/m0/s1. The molecule has 1 amide bonds. The highest BCUT2D eigenvalue weighted by Crippen LogP contribution is 1.97. The highest BCUT2D eigenvalue weighted by atomic mass is 32.2. The maximum absolute atomic E-state index is 11.1. The number of hydrogen-bond donors (Lipinski definition) is 2. The van der Waals surface area contributed by atoms with Crippen molar-refractivity contribution in [2.24, 2.45) is 0 Å². The molecule has 0 aliphatic heterocycles. The fourth-order valence-electron chi connectivity index (χ4n) is 1.02. The Balaban J connectivity index is 4.30. The van der Waals surface area contributed by atoms with Gasteiger partial charge in [0.25, 0.3) is 0 Å². The van der Waals surface area contributed by atoms with Crippen molar-refractivity contribution in [3.05, 3.63) is 0 Å². The van der Waals surface area contributed by atoms with E-state index in [0.717, 1.165) is 6.26 Å². The molecule has 0 aliphatic rings. The number of hydrogen-bond acceptors (Lipinski definition) is 4. The van der Waals surface area contributed by atoms with Crippen molar-refractivity contribution >= 4 is 21.7 Å². The van der Waals surface area contributed by atoms with Gasteiger partial charge in [-0.2, -0.15) is 0 Å². The number of carbonyl (C=O) groups excluding carboxylic acids is 1. The normalized spacial score (nSPS) is 13.2. The molecular weight excluding hydrogens is 222 g/mol. The maximum Gasteiger partial charge on any atom is 0.326 e. The third-order valence-electron chi connectivity index (χ3n) is 1.60. The van der Waals surface area contributed by atoms with Gasteiger partial charge in [-0.3, -0.25) is 4.79 Å². The second kappa shape index (κ2) is 5.69. The predicted molar refractivity (Wildman–Crippen MR) is 54.2 cm³/mol. The molecule has 15 heavy (non-hydrogen) atoms. The van der Waals surface area contributed by atoms with E-state index in [-0.39, 0.29) is 6.42 Å². The summed E-state index contributed by atoms with van der Waals surface area (Å²) in [5, 5.41) is 10.8. The molecule has 0 aromatic carbocycles. The molecule has 7 heteroatoms. The van der Waals surface area contributed by atoms with Gasteiger partial charge in [-0.25, -0.2) is 13.2 Å². The quantitative estimate of drug-likeness (QED) is 0.642. The van der Waals surface area contributed by atoms with Crippen molar-refractivity contribution in [3.63, 3.8) is 0 Å². The third kappa shape index (κ3) is 6.89. The van der Waals surface area contributed by atoms with Crippen LogP contribution in [0.5, 0.6) is 0 Å². The van der Waals surface area contributed by atoms with Crippen molar-refractivity contribution in [1.29, 1.82) is 0 Å². The van der Waals surface area contributed by atoms with Gasteiger partial charge in [-0.05, 0) is 6.42 Å². The van der Waals surface area contributed by atoms with Crippen LogP contribution in [0, 0.1) is 0 Å². The minimum atomic E-state index is -3.41. The summed E-state index contributed by atoms with van der Waals surface area (Å²) in [5.41, 5.74) is 0. The lowest BCUT2D eigenvalue weighted by Gasteiger charge is -2.12. The fourth-order valence-corrected chi connectivity index (χ4v) is 1.58. The van der Waals surface area contributed by atoms with Crippen molar-refractivity contribution in [2.45, 2.75) is 25.8 Å². The number of carboxylic acids is 1. The Bertz CT molecular complexity index is 335.